The minimum Gasteiger partial charge on any atom is -0.350 e. The summed E-state index contributed by atoms with van der Waals surface area (Å²) in [6.45, 7) is 8.01. The largest absolute Gasteiger partial charge is 0.350 e. The van der Waals surface area contributed by atoms with E-state index in [2.05, 4.69) is 11.4 Å². The number of nitrogens with zero attached hydrogens (tertiary/aromatic N) is 1. The molecule has 0 radical (unpaired) electrons. The Morgan fingerprint density at radius 3 is 2.00 bits per heavy atom. The van der Waals surface area contributed by atoms with E-state index in [1.165, 1.54) is 4.90 Å². The normalized spacial score (nSPS) is 13.9. The maximum Gasteiger partial charge on any atom is 0.282 e. The van der Waals surface area contributed by atoms with Gasteiger partial charge in [-0.25, -0.2) is 4.90 Å². The zero-order chi connectivity index (χ0) is 22.3. The summed E-state index contributed by atoms with van der Waals surface area (Å²) in [4.78, 5) is 28.2. The van der Waals surface area contributed by atoms with Crippen molar-refractivity contribution in [3.8, 4) is 0 Å². The summed E-state index contributed by atoms with van der Waals surface area (Å²) in [5, 5.41) is 3.78. The van der Waals surface area contributed by atoms with E-state index < -0.39 is 0 Å². The molecule has 0 fully saturated rings. The fraction of sp³-hybridized carbons (Fsp3) is 0.154. The standard InChI is InChI=1S/C26H23ClN2O2/c1-15-11-16(2)13-21(12-15)28-24-23(19-6-5-17(3)18(4)14-19)25(30)29(26(24)31)22-9-7-20(27)8-10-22/h5-14,28H,1-4H3. The molecular formula is C26H23ClN2O2. The summed E-state index contributed by atoms with van der Waals surface area (Å²) in [5.74, 6) is -0.748. The van der Waals surface area contributed by atoms with Crippen LogP contribution in [0.25, 0.3) is 5.57 Å². The van der Waals surface area contributed by atoms with Crippen molar-refractivity contribution in [2.45, 2.75) is 27.7 Å². The van der Waals surface area contributed by atoms with Crippen molar-refractivity contribution in [3.05, 3.63) is 99.2 Å². The highest BCUT2D eigenvalue weighted by atomic mass is 35.5. The molecule has 0 unspecified atom stereocenters. The number of halogens is 1. The van der Waals surface area contributed by atoms with Crippen LogP contribution in [0.15, 0.2) is 66.4 Å². The minimum atomic E-state index is -0.389. The van der Waals surface area contributed by atoms with Crippen LogP contribution in [0.4, 0.5) is 11.4 Å². The summed E-state index contributed by atoms with van der Waals surface area (Å²) in [6, 6.07) is 18.5. The predicted octanol–water partition coefficient (Wildman–Crippen LogP) is 5.97. The smallest absolute Gasteiger partial charge is 0.282 e. The number of amides is 2. The molecule has 31 heavy (non-hydrogen) atoms. The van der Waals surface area contributed by atoms with Crippen LogP contribution in [-0.4, -0.2) is 11.8 Å². The van der Waals surface area contributed by atoms with Gasteiger partial charge in [0.15, 0.2) is 0 Å². The number of aryl methyl sites for hydroxylation is 4. The quantitative estimate of drug-likeness (QED) is 0.518. The molecule has 4 nitrogen and oxygen atoms in total. The fourth-order valence-corrected chi connectivity index (χ4v) is 3.95. The Hall–Kier alpha value is -3.37. The van der Waals surface area contributed by atoms with Crippen LogP contribution in [-0.2, 0) is 9.59 Å². The van der Waals surface area contributed by atoms with Crippen LogP contribution in [0.3, 0.4) is 0 Å². The van der Waals surface area contributed by atoms with E-state index in [9.17, 15) is 9.59 Å². The number of hydrogen-bond acceptors (Lipinski definition) is 3. The minimum absolute atomic E-state index is 0.271. The first-order valence-electron chi connectivity index (χ1n) is 10.1. The van der Waals surface area contributed by atoms with Gasteiger partial charge in [0, 0.05) is 10.7 Å². The van der Waals surface area contributed by atoms with Crippen molar-refractivity contribution in [1.29, 1.82) is 0 Å². The van der Waals surface area contributed by atoms with Crippen molar-refractivity contribution in [2.75, 3.05) is 10.2 Å². The van der Waals surface area contributed by atoms with Crippen molar-refractivity contribution < 1.29 is 9.59 Å². The van der Waals surface area contributed by atoms with E-state index in [-0.39, 0.29) is 17.5 Å². The number of carbonyl (C=O) groups excluding carboxylic acids is 2. The summed E-state index contributed by atoms with van der Waals surface area (Å²) >= 11 is 6.00. The second kappa shape index (κ2) is 8.05. The van der Waals surface area contributed by atoms with Gasteiger partial charge < -0.3 is 5.32 Å². The van der Waals surface area contributed by atoms with Gasteiger partial charge in [-0.3, -0.25) is 9.59 Å². The molecule has 0 bridgehead atoms. The van der Waals surface area contributed by atoms with Gasteiger partial charge in [0.1, 0.15) is 5.70 Å². The maximum atomic E-state index is 13.5. The van der Waals surface area contributed by atoms with Gasteiger partial charge >= 0.3 is 0 Å². The lowest BCUT2D eigenvalue weighted by atomic mass is 9.99. The van der Waals surface area contributed by atoms with Gasteiger partial charge in [0.25, 0.3) is 11.8 Å². The highest BCUT2D eigenvalue weighted by Crippen LogP contribution is 2.35. The van der Waals surface area contributed by atoms with E-state index in [1.807, 2.05) is 58.0 Å². The first kappa shape index (κ1) is 20.9. The van der Waals surface area contributed by atoms with Crippen molar-refractivity contribution >= 4 is 40.4 Å². The number of anilines is 2. The van der Waals surface area contributed by atoms with Crippen LogP contribution < -0.4 is 10.2 Å². The monoisotopic (exact) mass is 430 g/mol. The second-order valence-electron chi connectivity index (χ2n) is 7.97. The molecule has 1 aliphatic rings. The predicted molar refractivity (Wildman–Crippen MR) is 126 cm³/mol. The third-order valence-corrected chi connectivity index (χ3v) is 5.71. The number of nitrogens with one attached hydrogen (secondary N) is 1. The number of imide groups is 1. The molecule has 1 N–H and O–H groups in total. The van der Waals surface area contributed by atoms with E-state index in [0.717, 1.165) is 27.9 Å². The Bertz CT molecular complexity index is 1220. The molecule has 0 spiro atoms. The highest BCUT2D eigenvalue weighted by Gasteiger charge is 2.40. The van der Waals surface area contributed by atoms with Gasteiger partial charge in [0.05, 0.1) is 11.3 Å². The van der Waals surface area contributed by atoms with Crippen molar-refractivity contribution in [3.63, 3.8) is 0 Å². The third kappa shape index (κ3) is 3.99. The maximum absolute atomic E-state index is 13.5. The molecule has 0 atom stereocenters. The highest BCUT2D eigenvalue weighted by molar-refractivity contribution is 6.46. The second-order valence-corrected chi connectivity index (χ2v) is 8.41. The van der Waals surface area contributed by atoms with E-state index in [0.29, 0.717) is 21.8 Å². The lowest BCUT2D eigenvalue weighted by Gasteiger charge is -2.15. The van der Waals surface area contributed by atoms with Gasteiger partial charge in [-0.15, -0.1) is 0 Å². The zero-order valence-electron chi connectivity index (χ0n) is 17.9. The van der Waals surface area contributed by atoms with Crippen LogP contribution in [0.2, 0.25) is 5.02 Å². The van der Waals surface area contributed by atoms with Crippen LogP contribution in [0.5, 0.6) is 0 Å². The first-order valence-corrected chi connectivity index (χ1v) is 10.4. The Morgan fingerprint density at radius 1 is 0.742 bits per heavy atom. The molecule has 0 saturated heterocycles. The van der Waals surface area contributed by atoms with Crippen LogP contribution in [0, 0.1) is 27.7 Å². The van der Waals surface area contributed by atoms with E-state index in [1.54, 1.807) is 24.3 Å². The van der Waals surface area contributed by atoms with Crippen LogP contribution >= 0.6 is 11.6 Å². The number of rotatable bonds is 4. The van der Waals surface area contributed by atoms with Crippen molar-refractivity contribution in [2.24, 2.45) is 0 Å². The molecule has 4 rings (SSSR count). The van der Waals surface area contributed by atoms with E-state index >= 15 is 0 Å². The third-order valence-electron chi connectivity index (χ3n) is 5.46. The molecule has 0 saturated carbocycles. The Labute approximate surface area is 187 Å². The Balaban J connectivity index is 1.85. The summed E-state index contributed by atoms with van der Waals surface area (Å²) in [5.41, 5.74) is 6.93. The Morgan fingerprint density at radius 2 is 1.39 bits per heavy atom. The molecule has 1 aliphatic heterocycles. The number of hydrogen-bond donors (Lipinski definition) is 1. The lowest BCUT2D eigenvalue weighted by Crippen LogP contribution is -2.32. The molecule has 5 heteroatoms. The van der Waals surface area contributed by atoms with E-state index in [4.69, 9.17) is 11.6 Å². The van der Waals surface area contributed by atoms with Gasteiger partial charge in [-0.1, -0.05) is 35.9 Å². The molecule has 3 aromatic rings. The van der Waals surface area contributed by atoms with Crippen LogP contribution in [0.1, 0.15) is 27.8 Å². The first-order chi connectivity index (χ1) is 14.7. The molecule has 0 aromatic heterocycles. The topological polar surface area (TPSA) is 49.4 Å². The molecule has 156 valence electrons. The van der Waals surface area contributed by atoms with Gasteiger partial charge in [-0.2, -0.15) is 0 Å². The Kier molecular flexibility index (Phi) is 5.42. The molecule has 1 heterocycles. The molecular weight excluding hydrogens is 408 g/mol. The SMILES string of the molecule is Cc1cc(C)cc(NC2=C(c3ccc(C)c(C)c3)C(=O)N(c3ccc(Cl)cc3)C2=O)c1. The molecule has 3 aromatic carbocycles. The van der Waals surface area contributed by atoms with Crippen molar-refractivity contribution in [1.82, 2.24) is 0 Å². The average Bonchev–Trinajstić information content (AvgIpc) is 2.94. The lowest BCUT2D eigenvalue weighted by molar-refractivity contribution is -0.120. The van der Waals surface area contributed by atoms with Gasteiger partial charge in [-0.05, 0) is 91.9 Å². The number of carbonyl (C=O) groups is 2. The summed E-state index contributed by atoms with van der Waals surface area (Å²) in [6.07, 6.45) is 0. The molecule has 0 aliphatic carbocycles. The zero-order valence-corrected chi connectivity index (χ0v) is 18.7. The number of benzene rings is 3. The summed E-state index contributed by atoms with van der Waals surface area (Å²) in [7, 11) is 0. The van der Waals surface area contributed by atoms with Gasteiger partial charge in [0.2, 0.25) is 0 Å². The fourth-order valence-electron chi connectivity index (χ4n) is 3.83. The molecule has 2 amide bonds. The summed E-state index contributed by atoms with van der Waals surface area (Å²) < 4.78 is 0. The average molecular weight is 431 g/mol.